The summed E-state index contributed by atoms with van der Waals surface area (Å²) in [4.78, 5) is 2.09. The molecule has 0 amide bonds. The van der Waals surface area contributed by atoms with Gasteiger partial charge in [0.15, 0.2) is 0 Å². The van der Waals surface area contributed by atoms with Gasteiger partial charge in [-0.05, 0) is 48.8 Å². The molecule has 3 rings (SSSR count). The summed E-state index contributed by atoms with van der Waals surface area (Å²) in [6.07, 6.45) is 1.68. The van der Waals surface area contributed by atoms with Gasteiger partial charge in [-0.2, -0.15) is 4.68 Å². The first-order valence-corrected chi connectivity index (χ1v) is 7.03. The van der Waals surface area contributed by atoms with Gasteiger partial charge in [0.25, 0.3) is 0 Å². The second-order valence-electron chi connectivity index (χ2n) is 5.13. The maximum Gasteiger partial charge on any atom is 0.247 e. The Morgan fingerprint density at radius 3 is 2.68 bits per heavy atom. The Morgan fingerprint density at radius 1 is 1.18 bits per heavy atom. The third-order valence-corrected chi connectivity index (χ3v) is 3.42. The predicted molar refractivity (Wildman–Crippen MR) is 82.8 cm³/mol. The van der Waals surface area contributed by atoms with Gasteiger partial charge in [-0.3, -0.25) is 4.90 Å². The van der Waals surface area contributed by atoms with Gasteiger partial charge in [-0.15, -0.1) is 0 Å². The SMILES string of the molecule is CN(C)[C@@H](CNc1nnnn1-c1ccccc1)c1ccco1. The fourth-order valence-electron chi connectivity index (χ4n) is 2.25. The van der Waals surface area contributed by atoms with Crippen LogP contribution in [0.1, 0.15) is 11.8 Å². The van der Waals surface area contributed by atoms with E-state index in [4.69, 9.17) is 4.42 Å². The first-order valence-electron chi connectivity index (χ1n) is 7.03. The van der Waals surface area contributed by atoms with E-state index in [9.17, 15) is 0 Å². The third kappa shape index (κ3) is 2.99. The minimum absolute atomic E-state index is 0.0934. The maximum absolute atomic E-state index is 5.50. The molecule has 0 saturated carbocycles. The molecule has 1 atom stereocenters. The second-order valence-corrected chi connectivity index (χ2v) is 5.13. The minimum atomic E-state index is 0.0934. The van der Waals surface area contributed by atoms with E-state index in [0.717, 1.165) is 11.4 Å². The Labute approximate surface area is 128 Å². The van der Waals surface area contributed by atoms with Gasteiger partial charge in [0.05, 0.1) is 18.0 Å². The molecule has 3 aromatic rings. The highest BCUT2D eigenvalue weighted by Gasteiger charge is 2.18. The predicted octanol–water partition coefficient (Wildman–Crippen LogP) is 1.97. The van der Waals surface area contributed by atoms with Crippen molar-refractivity contribution >= 4 is 5.95 Å². The highest BCUT2D eigenvalue weighted by Crippen LogP contribution is 2.19. The van der Waals surface area contributed by atoms with Crippen LogP contribution in [0.25, 0.3) is 5.69 Å². The number of likely N-dealkylation sites (N-methyl/N-ethyl adjacent to an activating group) is 1. The smallest absolute Gasteiger partial charge is 0.247 e. The lowest BCUT2D eigenvalue weighted by Gasteiger charge is -2.22. The van der Waals surface area contributed by atoms with Crippen molar-refractivity contribution in [2.24, 2.45) is 0 Å². The Kier molecular flexibility index (Phi) is 4.15. The van der Waals surface area contributed by atoms with Crippen LogP contribution in [0.15, 0.2) is 53.1 Å². The van der Waals surface area contributed by atoms with E-state index in [1.807, 2.05) is 56.6 Å². The number of anilines is 1. The monoisotopic (exact) mass is 298 g/mol. The van der Waals surface area contributed by atoms with Crippen LogP contribution in [-0.4, -0.2) is 45.7 Å². The molecule has 0 aliphatic rings. The second kappa shape index (κ2) is 6.40. The summed E-state index contributed by atoms with van der Waals surface area (Å²) in [5, 5.41) is 15.1. The van der Waals surface area contributed by atoms with Crippen molar-refractivity contribution < 1.29 is 4.42 Å². The summed E-state index contributed by atoms with van der Waals surface area (Å²) >= 11 is 0. The molecule has 114 valence electrons. The van der Waals surface area contributed by atoms with E-state index in [2.05, 4.69) is 25.7 Å². The van der Waals surface area contributed by atoms with Crippen LogP contribution in [0.3, 0.4) is 0 Å². The lowest BCUT2D eigenvalue weighted by Crippen LogP contribution is -2.27. The van der Waals surface area contributed by atoms with Gasteiger partial charge in [0.1, 0.15) is 5.76 Å². The molecule has 7 heteroatoms. The summed E-state index contributed by atoms with van der Waals surface area (Å²) < 4.78 is 7.18. The number of hydrogen-bond donors (Lipinski definition) is 1. The number of aromatic nitrogens is 4. The molecule has 0 bridgehead atoms. The molecule has 0 radical (unpaired) electrons. The van der Waals surface area contributed by atoms with Crippen LogP contribution < -0.4 is 5.32 Å². The molecule has 7 nitrogen and oxygen atoms in total. The molecule has 0 spiro atoms. The molecule has 0 saturated heterocycles. The van der Waals surface area contributed by atoms with Crippen LogP contribution in [-0.2, 0) is 0 Å². The zero-order valence-corrected chi connectivity index (χ0v) is 12.5. The Hall–Kier alpha value is -2.67. The first kappa shape index (κ1) is 14.3. The summed E-state index contributed by atoms with van der Waals surface area (Å²) in [6.45, 7) is 0.633. The number of tetrazole rings is 1. The zero-order chi connectivity index (χ0) is 15.4. The van der Waals surface area contributed by atoms with Crippen molar-refractivity contribution in [3.63, 3.8) is 0 Å². The molecular formula is C15H18N6O. The molecule has 1 aromatic carbocycles. The normalized spacial score (nSPS) is 12.5. The molecule has 22 heavy (non-hydrogen) atoms. The van der Waals surface area contributed by atoms with E-state index >= 15 is 0 Å². The van der Waals surface area contributed by atoms with Crippen LogP contribution in [0.5, 0.6) is 0 Å². The van der Waals surface area contributed by atoms with Gasteiger partial charge in [0, 0.05) is 6.54 Å². The van der Waals surface area contributed by atoms with Crippen molar-refractivity contribution in [1.82, 2.24) is 25.1 Å². The minimum Gasteiger partial charge on any atom is -0.468 e. The van der Waals surface area contributed by atoms with Crippen LogP contribution >= 0.6 is 0 Å². The standard InChI is InChI=1S/C15H18N6O/c1-20(2)13(14-9-6-10-22-14)11-16-15-17-18-19-21(15)12-7-4-3-5-8-12/h3-10,13H,11H2,1-2H3,(H,16,17,19)/t13-/m0/s1. The van der Waals surface area contributed by atoms with Gasteiger partial charge < -0.3 is 9.73 Å². The number of hydrogen-bond acceptors (Lipinski definition) is 6. The Morgan fingerprint density at radius 2 is 2.00 bits per heavy atom. The van der Waals surface area contributed by atoms with E-state index in [-0.39, 0.29) is 6.04 Å². The van der Waals surface area contributed by atoms with Crippen molar-refractivity contribution in [2.75, 3.05) is 26.0 Å². The topological polar surface area (TPSA) is 72.0 Å². The number of benzene rings is 1. The fraction of sp³-hybridized carbons (Fsp3) is 0.267. The Balaban J connectivity index is 1.76. The highest BCUT2D eigenvalue weighted by atomic mass is 16.3. The number of furan rings is 1. The average Bonchev–Trinajstić information content (AvgIpc) is 3.19. The summed E-state index contributed by atoms with van der Waals surface area (Å²) in [6, 6.07) is 13.7. The van der Waals surface area contributed by atoms with E-state index in [1.165, 1.54) is 0 Å². The van der Waals surface area contributed by atoms with Gasteiger partial charge in [-0.25, -0.2) is 0 Å². The van der Waals surface area contributed by atoms with Gasteiger partial charge in [0.2, 0.25) is 5.95 Å². The Bertz CT molecular complexity index is 692. The van der Waals surface area contributed by atoms with Crippen molar-refractivity contribution in [2.45, 2.75) is 6.04 Å². The van der Waals surface area contributed by atoms with E-state index in [0.29, 0.717) is 12.5 Å². The summed E-state index contributed by atoms with van der Waals surface area (Å²) in [5.74, 6) is 1.50. The van der Waals surface area contributed by atoms with E-state index < -0.39 is 0 Å². The largest absolute Gasteiger partial charge is 0.468 e. The first-order chi connectivity index (χ1) is 10.8. The van der Waals surface area contributed by atoms with Gasteiger partial charge >= 0.3 is 0 Å². The fourth-order valence-corrected chi connectivity index (χ4v) is 2.25. The molecule has 1 N–H and O–H groups in total. The van der Waals surface area contributed by atoms with Crippen LogP contribution in [0.4, 0.5) is 5.95 Å². The summed E-state index contributed by atoms with van der Waals surface area (Å²) in [5.41, 5.74) is 0.911. The lowest BCUT2D eigenvalue weighted by atomic mass is 10.2. The molecular weight excluding hydrogens is 280 g/mol. The molecule has 2 heterocycles. The molecule has 0 fully saturated rings. The number of nitrogens with one attached hydrogen (secondary N) is 1. The maximum atomic E-state index is 5.50. The van der Waals surface area contributed by atoms with E-state index in [1.54, 1.807) is 10.9 Å². The quantitative estimate of drug-likeness (QED) is 0.750. The molecule has 2 aromatic heterocycles. The van der Waals surface area contributed by atoms with Crippen molar-refractivity contribution in [3.8, 4) is 5.69 Å². The zero-order valence-electron chi connectivity index (χ0n) is 12.5. The van der Waals surface area contributed by atoms with Crippen molar-refractivity contribution in [1.29, 1.82) is 0 Å². The van der Waals surface area contributed by atoms with Crippen LogP contribution in [0, 0.1) is 0 Å². The summed E-state index contributed by atoms with van der Waals surface area (Å²) in [7, 11) is 4.02. The third-order valence-electron chi connectivity index (χ3n) is 3.42. The number of rotatable bonds is 6. The van der Waals surface area contributed by atoms with Crippen molar-refractivity contribution in [3.05, 3.63) is 54.5 Å². The number of para-hydroxylation sites is 1. The molecule has 0 aliphatic heterocycles. The van der Waals surface area contributed by atoms with Gasteiger partial charge in [-0.1, -0.05) is 23.3 Å². The van der Waals surface area contributed by atoms with Crippen LogP contribution in [0.2, 0.25) is 0 Å². The number of nitrogens with zero attached hydrogens (tertiary/aromatic N) is 5. The molecule has 0 aliphatic carbocycles. The lowest BCUT2D eigenvalue weighted by molar-refractivity contribution is 0.269. The highest BCUT2D eigenvalue weighted by molar-refractivity contribution is 5.38. The average molecular weight is 298 g/mol. The molecule has 0 unspecified atom stereocenters.